The summed E-state index contributed by atoms with van der Waals surface area (Å²) in [4.78, 5) is 19.7. The number of para-hydroxylation sites is 2. The van der Waals surface area contributed by atoms with Gasteiger partial charge < -0.3 is 4.74 Å². The largest absolute Gasteiger partial charge is 0.489 e. The predicted molar refractivity (Wildman–Crippen MR) is 132 cm³/mol. The Morgan fingerprint density at radius 3 is 2.47 bits per heavy atom. The molecule has 5 rings (SSSR count). The Morgan fingerprint density at radius 2 is 1.74 bits per heavy atom. The Hall–Kier alpha value is -2.88. The number of anilines is 1. The number of amides is 1. The fourth-order valence-electron chi connectivity index (χ4n) is 4.31. The number of rotatable bonds is 6. The monoisotopic (exact) mass is 495 g/mol. The molecule has 176 valence electrons. The molecule has 0 spiro atoms. The van der Waals surface area contributed by atoms with Crippen molar-refractivity contribution in [2.45, 2.75) is 28.8 Å². The molecule has 3 heterocycles. The summed E-state index contributed by atoms with van der Waals surface area (Å²) in [6.45, 7) is 1.48. The smallest absolute Gasteiger partial charge is 0.244 e. The van der Waals surface area contributed by atoms with Gasteiger partial charge >= 0.3 is 0 Å². The number of hydrogen-bond acceptors (Lipinski definition) is 6. The lowest BCUT2D eigenvalue weighted by Gasteiger charge is -2.37. The second-order valence-corrected chi connectivity index (χ2v) is 11.1. The molecule has 1 aromatic heterocycles. The number of aromatic nitrogens is 1. The van der Waals surface area contributed by atoms with Crippen molar-refractivity contribution in [3.63, 3.8) is 0 Å². The number of fused-ring (bicyclic) bond motifs is 1. The SMILES string of the molecule is O=C(CSc1ccc(S(=O)(=O)N2CCCC2)cn1)N1c2ccccc2OC[C@H]1c1ccccc1. The predicted octanol–water partition coefficient (Wildman–Crippen LogP) is 4.13. The Kier molecular flexibility index (Phi) is 6.58. The molecule has 7 nitrogen and oxygen atoms in total. The Labute approximate surface area is 203 Å². The number of carbonyl (C=O) groups is 1. The number of benzene rings is 2. The minimum Gasteiger partial charge on any atom is -0.489 e. The van der Waals surface area contributed by atoms with E-state index in [1.807, 2.05) is 54.6 Å². The first-order valence-electron chi connectivity index (χ1n) is 11.2. The fourth-order valence-corrected chi connectivity index (χ4v) is 6.47. The third kappa shape index (κ3) is 4.55. The van der Waals surface area contributed by atoms with Gasteiger partial charge in [-0.3, -0.25) is 9.69 Å². The van der Waals surface area contributed by atoms with Gasteiger partial charge in [0.1, 0.15) is 17.3 Å². The van der Waals surface area contributed by atoms with Gasteiger partial charge in [0.25, 0.3) is 0 Å². The van der Waals surface area contributed by atoms with Crippen LogP contribution in [-0.4, -0.2) is 49.1 Å². The van der Waals surface area contributed by atoms with Crippen LogP contribution in [0, 0.1) is 0 Å². The average molecular weight is 496 g/mol. The normalized spacial score (nSPS) is 18.4. The van der Waals surface area contributed by atoms with E-state index < -0.39 is 10.0 Å². The van der Waals surface area contributed by atoms with Gasteiger partial charge in [-0.15, -0.1) is 0 Å². The third-order valence-electron chi connectivity index (χ3n) is 6.04. The molecule has 1 atom stereocenters. The van der Waals surface area contributed by atoms with E-state index in [-0.39, 0.29) is 22.6 Å². The second kappa shape index (κ2) is 9.77. The third-order valence-corrected chi connectivity index (χ3v) is 8.85. The molecule has 2 aromatic carbocycles. The van der Waals surface area contributed by atoms with Crippen LogP contribution in [0.2, 0.25) is 0 Å². The first-order valence-corrected chi connectivity index (χ1v) is 13.6. The summed E-state index contributed by atoms with van der Waals surface area (Å²) in [5.41, 5.74) is 1.75. The van der Waals surface area contributed by atoms with Crippen molar-refractivity contribution in [2.75, 3.05) is 30.3 Å². The maximum atomic E-state index is 13.4. The summed E-state index contributed by atoms with van der Waals surface area (Å²) < 4.78 is 32.9. The quantitative estimate of drug-likeness (QED) is 0.479. The minimum atomic E-state index is -3.50. The van der Waals surface area contributed by atoms with Crippen LogP contribution in [0.25, 0.3) is 0 Å². The molecular formula is C25H25N3O4S2. The number of pyridine rings is 1. The summed E-state index contributed by atoms with van der Waals surface area (Å²) in [5.74, 6) is 0.788. The molecule has 0 aliphatic carbocycles. The molecule has 1 saturated heterocycles. The molecule has 0 saturated carbocycles. The molecule has 2 aliphatic rings. The Morgan fingerprint density at radius 1 is 1.00 bits per heavy atom. The highest BCUT2D eigenvalue weighted by Crippen LogP contribution is 2.39. The number of ether oxygens (including phenoxy) is 1. The van der Waals surface area contributed by atoms with Crippen molar-refractivity contribution in [3.8, 4) is 5.75 Å². The van der Waals surface area contributed by atoms with E-state index in [9.17, 15) is 13.2 Å². The van der Waals surface area contributed by atoms with Gasteiger partial charge in [-0.25, -0.2) is 13.4 Å². The molecule has 1 amide bonds. The van der Waals surface area contributed by atoms with Crippen LogP contribution in [0.4, 0.5) is 5.69 Å². The molecule has 0 bridgehead atoms. The van der Waals surface area contributed by atoms with Crippen molar-refractivity contribution in [2.24, 2.45) is 0 Å². The summed E-state index contributed by atoms with van der Waals surface area (Å²) in [5, 5.41) is 0.603. The van der Waals surface area contributed by atoms with E-state index >= 15 is 0 Å². The zero-order valence-electron chi connectivity index (χ0n) is 18.5. The van der Waals surface area contributed by atoms with Crippen molar-refractivity contribution in [1.82, 2.24) is 9.29 Å². The Balaban J connectivity index is 1.32. The standard InChI is InChI=1S/C25H25N3O4S2/c29-25(18-33-24-13-12-20(16-26-24)34(30,31)27-14-6-7-15-27)28-21-10-4-5-11-23(21)32-17-22(28)19-8-2-1-3-9-19/h1-5,8-13,16,22H,6-7,14-15,17-18H2/t22-/m0/s1. The van der Waals surface area contributed by atoms with E-state index in [0.717, 1.165) is 24.1 Å². The number of nitrogens with zero attached hydrogens (tertiary/aromatic N) is 3. The maximum absolute atomic E-state index is 13.4. The van der Waals surface area contributed by atoms with Gasteiger partial charge in [-0.1, -0.05) is 54.2 Å². The summed E-state index contributed by atoms with van der Waals surface area (Å²) in [6, 6.07) is 20.4. The van der Waals surface area contributed by atoms with E-state index in [4.69, 9.17) is 4.74 Å². The lowest BCUT2D eigenvalue weighted by Crippen LogP contribution is -2.42. The molecule has 1 fully saturated rings. The number of thioether (sulfide) groups is 1. The van der Waals surface area contributed by atoms with Crippen LogP contribution in [0.3, 0.4) is 0 Å². The maximum Gasteiger partial charge on any atom is 0.244 e. The highest BCUT2D eigenvalue weighted by Gasteiger charge is 2.33. The lowest BCUT2D eigenvalue weighted by atomic mass is 10.0. The molecule has 0 unspecified atom stereocenters. The van der Waals surface area contributed by atoms with Gasteiger partial charge in [0, 0.05) is 19.3 Å². The summed E-state index contributed by atoms with van der Waals surface area (Å²) in [7, 11) is -3.50. The molecule has 3 aromatic rings. The first kappa shape index (κ1) is 22.9. The highest BCUT2D eigenvalue weighted by molar-refractivity contribution is 7.99. The molecule has 2 aliphatic heterocycles. The van der Waals surface area contributed by atoms with Crippen LogP contribution in [0.5, 0.6) is 5.75 Å². The van der Waals surface area contributed by atoms with Crippen LogP contribution in [-0.2, 0) is 14.8 Å². The topological polar surface area (TPSA) is 79.8 Å². The van der Waals surface area contributed by atoms with Crippen molar-refractivity contribution >= 4 is 33.4 Å². The van der Waals surface area contributed by atoms with Crippen LogP contribution in [0.15, 0.2) is 82.8 Å². The summed E-state index contributed by atoms with van der Waals surface area (Å²) in [6.07, 6.45) is 3.16. The molecule has 0 N–H and O–H groups in total. The minimum absolute atomic E-state index is 0.0647. The van der Waals surface area contributed by atoms with Gasteiger partial charge in [0.05, 0.1) is 22.5 Å². The lowest BCUT2D eigenvalue weighted by molar-refractivity contribution is -0.117. The Bertz CT molecular complexity index is 1260. The first-order chi connectivity index (χ1) is 16.5. The van der Waals surface area contributed by atoms with Gasteiger partial charge in [-0.2, -0.15) is 4.31 Å². The van der Waals surface area contributed by atoms with E-state index in [1.165, 1.54) is 22.3 Å². The van der Waals surface area contributed by atoms with Crippen molar-refractivity contribution < 1.29 is 17.9 Å². The van der Waals surface area contributed by atoms with E-state index in [0.29, 0.717) is 30.5 Å². The van der Waals surface area contributed by atoms with Gasteiger partial charge in [0.15, 0.2) is 0 Å². The number of sulfonamides is 1. The van der Waals surface area contributed by atoms with Crippen LogP contribution >= 0.6 is 11.8 Å². The molecular weight excluding hydrogens is 470 g/mol. The zero-order chi connectivity index (χ0) is 23.5. The fraction of sp³-hybridized carbons (Fsp3) is 0.280. The van der Waals surface area contributed by atoms with Crippen molar-refractivity contribution in [1.29, 1.82) is 0 Å². The van der Waals surface area contributed by atoms with Crippen LogP contribution in [0.1, 0.15) is 24.4 Å². The van der Waals surface area contributed by atoms with Crippen molar-refractivity contribution in [3.05, 3.63) is 78.5 Å². The molecule has 0 radical (unpaired) electrons. The second-order valence-electron chi connectivity index (χ2n) is 8.20. The molecule has 34 heavy (non-hydrogen) atoms. The van der Waals surface area contributed by atoms with Gasteiger partial charge in [0.2, 0.25) is 15.9 Å². The van der Waals surface area contributed by atoms with E-state index in [2.05, 4.69) is 4.98 Å². The molecule has 9 heteroatoms. The zero-order valence-corrected chi connectivity index (χ0v) is 20.2. The average Bonchev–Trinajstić information content (AvgIpc) is 3.43. The van der Waals surface area contributed by atoms with Crippen LogP contribution < -0.4 is 9.64 Å². The highest BCUT2D eigenvalue weighted by atomic mass is 32.2. The van der Waals surface area contributed by atoms with E-state index in [1.54, 1.807) is 17.0 Å². The number of hydrogen-bond donors (Lipinski definition) is 0. The summed E-state index contributed by atoms with van der Waals surface area (Å²) >= 11 is 1.29. The van der Waals surface area contributed by atoms with Gasteiger partial charge in [-0.05, 0) is 42.7 Å². The number of carbonyl (C=O) groups excluding carboxylic acids is 1.